The Morgan fingerprint density at radius 1 is 1.19 bits per heavy atom. The van der Waals surface area contributed by atoms with E-state index in [1.807, 2.05) is 18.2 Å². The molecule has 3 rings (SSSR count). The zero-order valence-corrected chi connectivity index (χ0v) is 12.7. The predicted octanol–water partition coefficient (Wildman–Crippen LogP) is 3.49. The molecule has 0 spiro atoms. The first-order valence-corrected chi connectivity index (χ1v) is 7.24. The summed E-state index contributed by atoms with van der Waals surface area (Å²) in [4.78, 5) is 0. The minimum Gasteiger partial charge on any atom is -0.496 e. The summed E-state index contributed by atoms with van der Waals surface area (Å²) < 4.78 is 11.2. The lowest BCUT2D eigenvalue weighted by atomic mass is 9.88. The summed E-state index contributed by atoms with van der Waals surface area (Å²) in [6.45, 7) is 4.76. The first-order valence-electron chi connectivity index (χ1n) is 7.24. The van der Waals surface area contributed by atoms with Crippen molar-refractivity contribution in [1.29, 1.82) is 0 Å². The maximum atomic E-state index is 6.52. The summed E-state index contributed by atoms with van der Waals surface area (Å²) in [6.07, 6.45) is 0. The second-order valence-corrected chi connectivity index (χ2v) is 5.67. The monoisotopic (exact) mass is 283 g/mol. The summed E-state index contributed by atoms with van der Waals surface area (Å²) in [5.41, 5.74) is 11.1. The maximum Gasteiger partial charge on any atom is 0.124 e. The number of aryl methyl sites for hydroxylation is 2. The van der Waals surface area contributed by atoms with Crippen molar-refractivity contribution in [3.8, 4) is 11.5 Å². The fourth-order valence-corrected chi connectivity index (χ4v) is 3.22. The van der Waals surface area contributed by atoms with Crippen LogP contribution in [0.3, 0.4) is 0 Å². The Bertz CT molecular complexity index is 643. The van der Waals surface area contributed by atoms with Gasteiger partial charge in [-0.05, 0) is 36.6 Å². The number of ether oxygens (including phenoxy) is 2. The summed E-state index contributed by atoms with van der Waals surface area (Å²) >= 11 is 0. The molecule has 0 saturated heterocycles. The fourth-order valence-electron chi connectivity index (χ4n) is 3.22. The van der Waals surface area contributed by atoms with E-state index in [4.69, 9.17) is 15.2 Å². The molecule has 0 aromatic heterocycles. The number of hydrogen-bond donors (Lipinski definition) is 1. The smallest absolute Gasteiger partial charge is 0.124 e. The van der Waals surface area contributed by atoms with E-state index in [9.17, 15) is 0 Å². The van der Waals surface area contributed by atoms with Crippen LogP contribution in [0, 0.1) is 13.8 Å². The largest absolute Gasteiger partial charge is 0.496 e. The Hall–Kier alpha value is -2.00. The highest BCUT2D eigenvalue weighted by Crippen LogP contribution is 2.41. The second-order valence-electron chi connectivity index (χ2n) is 5.67. The van der Waals surface area contributed by atoms with Crippen LogP contribution in [-0.4, -0.2) is 13.7 Å². The van der Waals surface area contributed by atoms with E-state index >= 15 is 0 Å². The second kappa shape index (κ2) is 5.41. The molecular formula is C18H21NO2. The number of methoxy groups -OCH3 is 1. The fraction of sp³-hybridized carbons (Fsp3) is 0.333. The average molecular weight is 283 g/mol. The molecular weight excluding hydrogens is 262 g/mol. The first kappa shape index (κ1) is 14.0. The van der Waals surface area contributed by atoms with Crippen LogP contribution < -0.4 is 15.2 Å². The van der Waals surface area contributed by atoms with Gasteiger partial charge in [0.1, 0.15) is 11.5 Å². The van der Waals surface area contributed by atoms with E-state index in [-0.39, 0.29) is 12.0 Å². The Morgan fingerprint density at radius 3 is 2.52 bits per heavy atom. The van der Waals surface area contributed by atoms with Gasteiger partial charge < -0.3 is 15.2 Å². The van der Waals surface area contributed by atoms with Gasteiger partial charge in [0.05, 0.1) is 13.7 Å². The molecule has 1 aliphatic heterocycles. The average Bonchev–Trinajstić information content (AvgIpc) is 2.90. The van der Waals surface area contributed by atoms with Crippen LogP contribution in [0.2, 0.25) is 0 Å². The molecule has 3 nitrogen and oxygen atoms in total. The van der Waals surface area contributed by atoms with Crippen LogP contribution in [0.15, 0.2) is 36.4 Å². The molecule has 3 heteroatoms. The Kier molecular flexibility index (Phi) is 3.60. The topological polar surface area (TPSA) is 44.5 Å². The predicted molar refractivity (Wildman–Crippen MR) is 84.1 cm³/mol. The highest BCUT2D eigenvalue weighted by atomic mass is 16.5. The van der Waals surface area contributed by atoms with E-state index in [2.05, 4.69) is 32.0 Å². The molecule has 0 fully saturated rings. The van der Waals surface area contributed by atoms with E-state index < -0.39 is 0 Å². The van der Waals surface area contributed by atoms with Gasteiger partial charge in [-0.1, -0.05) is 30.3 Å². The molecule has 0 saturated carbocycles. The third kappa shape index (κ3) is 2.38. The molecule has 2 aromatic rings. The van der Waals surface area contributed by atoms with Crippen LogP contribution in [0.25, 0.3) is 0 Å². The number of hydrogen-bond acceptors (Lipinski definition) is 3. The van der Waals surface area contributed by atoms with Crippen molar-refractivity contribution < 1.29 is 9.47 Å². The van der Waals surface area contributed by atoms with Gasteiger partial charge in [-0.3, -0.25) is 0 Å². The van der Waals surface area contributed by atoms with E-state index in [1.54, 1.807) is 7.11 Å². The highest BCUT2D eigenvalue weighted by Gasteiger charge is 2.30. The number of rotatable bonds is 3. The first-order chi connectivity index (χ1) is 10.1. The standard InChI is InChI=1S/C18H21NO2/c1-11-8-13(9-12(2)18(11)20-3)17(19)15-10-21-16-7-5-4-6-14(15)16/h4-9,15,17H,10,19H2,1-3H3. The number of fused-ring (bicyclic) bond motifs is 1. The van der Waals surface area contributed by atoms with Crippen LogP contribution in [-0.2, 0) is 0 Å². The third-order valence-electron chi connectivity index (χ3n) is 4.24. The normalized spacial score (nSPS) is 18.0. The number of nitrogens with two attached hydrogens (primary N) is 1. The van der Waals surface area contributed by atoms with Crippen LogP contribution >= 0.6 is 0 Å². The van der Waals surface area contributed by atoms with Crippen LogP contribution in [0.1, 0.15) is 34.2 Å². The molecule has 2 aromatic carbocycles. The minimum atomic E-state index is -0.0723. The third-order valence-corrected chi connectivity index (χ3v) is 4.24. The molecule has 0 radical (unpaired) electrons. The molecule has 2 atom stereocenters. The Labute approximate surface area is 125 Å². The molecule has 21 heavy (non-hydrogen) atoms. The van der Waals surface area contributed by atoms with Crippen molar-refractivity contribution in [2.75, 3.05) is 13.7 Å². The Morgan fingerprint density at radius 2 is 1.86 bits per heavy atom. The molecule has 1 aliphatic rings. The van der Waals surface area contributed by atoms with Gasteiger partial charge in [-0.15, -0.1) is 0 Å². The molecule has 0 amide bonds. The molecule has 110 valence electrons. The molecule has 2 unspecified atom stereocenters. The van der Waals surface area contributed by atoms with Gasteiger partial charge in [0.25, 0.3) is 0 Å². The molecule has 2 N–H and O–H groups in total. The zero-order chi connectivity index (χ0) is 15.0. The van der Waals surface area contributed by atoms with Gasteiger partial charge in [-0.25, -0.2) is 0 Å². The van der Waals surface area contributed by atoms with E-state index in [0.29, 0.717) is 6.61 Å². The van der Waals surface area contributed by atoms with Crippen LogP contribution in [0.4, 0.5) is 0 Å². The van der Waals surface area contributed by atoms with Crippen molar-refractivity contribution in [3.63, 3.8) is 0 Å². The number of benzene rings is 2. The summed E-state index contributed by atoms with van der Waals surface area (Å²) in [7, 11) is 1.70. The lowest BCUT2D eigenvalue weighted by molar-refractivity contribution is 0.315. The zero-order valence-electron chi connectivity index (χ0n) is 12.7. The SMILES string of the molecule is COc1c(C)cc(C(N)C2COc3ccccc32)cc1C. The molecule has 0 bridgehead atoms. The quantitative estimate of drug-likeness (QED) is 0.937. The van der Waals surface area contributed by atoms with Gasteiger partial charge in [0.2, 0.25) is 0 Å². The van der Waals surface area contributed by atoms with Crippen molar-refractivity contribution >= 4 is 0 Å². The summed E-state index contributed by atoms with van der Waals surface area (Å²) in [5.74, 6) is 2.10. The summed E-state index contributed by atoms with van der Waals surface area (Å²) in [6, 6.07) is 12.3. The summed E-state index contributed by atoms with van der Waals surface area (Å²) in [5, 5.41) is 0. The minimum absolute atomic E-state index is 0.0723. The van der Waals surface area contributed by atoms with E-state index in [0.717, 1.165) is 28.2 Å². The van der Waals surface area contributed by atoms with Gasteiger partial charge in [0, 0.05) is 17.5 Å². The lowest BCUT2D eigenvalue weighted by Gasteiger charge is -2.21. The van der Waals surface area contributed by atoms with Gasteiger partial charge >= 0.3 is 0 Å². The Balaban J connectivity index is 1.95. The maximum absolute atomic E-state index is 6.52. The van der Waals surface area contributed by atoms with Crippen LogP contribution in [0.5, 0.6) is 11.5 Å². The van der Waals surface area contributed by atoms with Crippen molar-refractivity contribution in [3.05, 3.63) is 58.7 Å². The molecule has 0 aliphatic carbocycles. The van der Waals surface area contributed by atoms with Gasteiger partial charge in [0.15, 0.2) is 0 Å². The van der Waals surface area contributed by atoms with Crippen molar-refractivity contribution in [2.24, 2.45) is 5.73 Å². The lowest BCUT2D eigenvalue weighted by Crippen LogP contribution is -2.21. The van der Waals surface area contributed by atoms with E-state index in [1.165, 1.54) is 5.56 Å². The molecule has 1 heterocycles. The van der Waals surface area contributed by atoms with Crippen molar-refractivity contribution in [2.45, 2.75) is 25.8 Å². The van der Waals surface area contributed by atoms with Crippen molar-refractivity contribution in [1.82, 2.24) is 0 Å². The highest BCUT2D eigenvalue weighted by molar-refractivity contribution is 5.47. The number of para-hydroxylation sites is 1. The van der Waals surface area contributed by atoms with Gasteiger partial charge in [-0.2, -0.15) is 0 Å².